The van der Waals surface area contributed by atoms with Crippen LogP contribution in [0, 0.1) is 0 Å². The van der Waals surface area contributed by atoms with Crippen LogP contribution in [0.3, 0.4) is 0 Å². The van der Waals surface area contributed by atoms with E-state index in [9.17, 15) is 5.11 Å². The van der Waals surface area contributed by atoms with Crippen LogP contribution in [0.1, 0.15) is 0 Å². The van der Waals surface area contributed by atoms with E-state index >= 15 is 0 Å². The summed E-state index contributed by atoms with van der Waals surface area (Å²) in [5, 5.41) is 14.5. The number of para-hydroxylation sites is 1. The molecule has 0 aromatic heterocycles. The Morgan fingerprint density at radius 3 is 2.43 bits per heavy atom. The molecule has 0 saturated carbocycles. The second-order valence-electron chi connectivity index (χ2n) is 4.70. The number of anilines is 1. The summed E-state index contributed by atoms with van der Waals surface area (Å²) >= 11 is 0. The highest BCUT2D eigenvalue weighted by atomic mass is 16.3. The largest absolute Gasteiger partial charge is 0.508 e. The molecule has 4 heteroatoms. The molecule has 0 spiro atoms. The minimum Gasteiger partial charge on any atom is -0.508 e. The first-order valence-corrected chi connectivity index (χ1v) is 6.60. The zero-order chi connectivity index (χ0) is 14.7. The molecule has 21 heavy (non-hydrogen) atoms. The number of aliphatic imine (C=N–C) groups is 1. The Hall–Kier alpha value is -3.01. The van der Waals surface area contributed by atoms with Crippen molar-refractivity contribution >= 4 is 28.1 Å². The van der Waals surface area contributed by atoms with Gasteiger partial charge in [0.15, 0.2) is 5.96 Å². The molecule has 3 aromatic carbocycles. The van der Waals surface area contributed by atoms with E-state index in [1.807, 2.05) is 54.6 Å². The summed E-state index contributed by atoms with van der Waals surface area (Å²) in [7, 11) is 0. The zero-order valence-electron chi connectivity index (χ0n) is 11.3. The lowest BCUT2D eigenvalue weighted by atomic mass is 10.1. The molecule has 0 aliphatic carbocycles. The van der Waals surface area contributed by atoms with Crippen molar-refractivity contribution in [2.45, 2.75) is 0 Å². The van der Waals surface area contributed by atoms with Gasteiger partial charge >= 0.3 is 0 Å². The van der Waals surface area contributed by atoms with Crippen LogP contribution in [-0.4, -0.2) is 11.1 Å². The Kier molecular flexibility index (Phi) is 3.43. The number of nitrogens with zero attached hydrogens (tertiary/aromatic N) is 1. The normalized spacial score (nSPS) is 11.5. The Balaban J connectivity index is 1.84. The molecule has 104 valence electrons. The fourth-order valence-corrected chi connectivity index (χ4v) is 2.13. The number of hydrogen-bond donors (Lipinski definition) is 3. The van der Waals surface area contributed by atoms with E-state index in [0.717, 1.165) is 22.1 Å². The number of guanidine groups is 1. The van der Waals surface area contributed by atoms with Crippen molar-refractivity contribution in [2.24, 2.45) is 10.7 Å². The summed E-state index contributed by atoms with van der Waals surface area (Å²) in [6.07, 6.45) is 0. The van der Waals surface area contributed by atoms with Gasteiger partial charge in [-0.25, -0.2) is 4.99 Å². The molecule has 0 heterocycles. The lowest BCUT2D eigenvalue weighted by molar-refractivity contribution is 0.476. The van der Waals surface area contributed by atoms with Crippen molar-refractivity contribution in [3.63, 3.8) is 0 Å². The van der Waals surface area contributed by atoms with Gasteiger partial charge in [-0.3, -0.25) is 0 Å². The van der Waals surface area contributed by atoms with Gasteiger partial charge in [0.25, 0.3) is 0 Å². The molecule has 3 rings (SSSR count). The average Bonchev–Trinajstić information content (AvgIpc) is 2.48. The smallest absolute Gasteiger partial charge is 0.198 e. The first-order valence-electron chi connectivity index (χ1n) is 6.60. The van der Waals surface area contributed by atoms with Crippen LogP contribution in [0.15, 0.2) is 71.7 Å². The van der Waals surface area contributed by atoms with Crippen molar-refractivity contribution < 1.29 is 5.11 Å². The average molecular weight is 277 g/mol. The minimum atomic E-state index is 0.258. The summed E-state index contributed by atoms with van der Waals surface area (Å²) in [6.45, 7) is 0. The molecule has 0 fully saturated rings. The van der Waals surface area contributed by atoms with E-state index in [1.165, 1.54) is 0 Å². The lowest BCUT2D eigenvalue weighted by Crippen LogP contribution is -2.21. The number of nitrogens with two attached hydrogens (primary N) is 1. The number of aromatic hydroxyl groups is 1. The fourth-order valence-electron chi connectivity index (χ4n) is 2.13. The van der Waals surface area contributed by atoms with Crippen LogP contribution in [0.4, 0.5) is 11.4 Å². The van der Waals surface area contributed by atoms with Crippen molar-refractivity contribution in [3.05, 3.63) is 66.7 Å². The van der Waals surface area contributed by atoms with Gasteiger partial charge in [-0.1, -0.05) is 30.3 Å². The molecule has 0 atom stereocenters. The number of phenols is 1. The number of rotatable bonds is 2. The van der Waals surface area contributed by atoms with E-state index in [2.05, 4.69) is 10.3 Å². The van der Waals surface area contributed by atoms with Crippen LogP contribution in [0.2, 0.25) is 0 Å². The van der Waals surface area contributed by atoms with Gasteiger partial charge in [0.05, 0.1) is 5.69 Å². The second-order valence-corrected chi connectivity index (χ2v) is 4.70. The summed E-state index contributed by atoms with van der Waals surface area (Å²) in [5.41, 5.74) is 7.56. The van der Waals surface area contributed by atoms with Crippen LogP contribution in [0.5, 0.6) is 5.75 Å². The molecule has 0 amide bonds. The van der Waals surface area contributed by atoms with Gasteiger partial charge in [0.2, 0.25) is 0 Å². The van der Waals surface area contributed by atoms with Gasteiger partial charge in [0.1, 0.15) is 5.75 Å². The summed E-state index contributed by atoms with van der Waals surface area (Å²) in [4.78, 5) is 4.29. The van der Waals surface area contributed by atoms with Gasteiger partial charge in [-0.15, -0.1) is 0 Å². The molecular weight excluding hydrogens is 262 g/mol. The monoisotopic (exact) mass is 277 g/mol. The van der Waals surface area contributed by atoms with Crippen molar-refractivity contribution in [1.29, 1.82) is 0 Å². The van der Waals surface area contributed by atoms with Crippen molar-refractivity contribution in [1.82, 2.24) is 0 Å². The quantitative estimate of drug-likeness (QED) is 0.495. The van der Waals surface area contributed by atoms with E-state index in [0.29, 0.717) is 5.96 Å². The number of phenolic OH excluding ortho intramolecular Hbond substituents is 1. The van der Waals surface area contributed by atoms with Crippen molar-refractivity contribution in [2.75, 3.05) is 5.32 Å². The maximum atomic E-state index is 9.45. The predicted octanol–water partition coefficient (Wildman–Crippen LogP) is 3.60. The van der Waals surface area contributed by atoms with E-state index in [4.69, 9.17) is 5.73 Å². The predicted molar refractivity (Wildman–Crippen MR) is 87.0 cm³/mol. The fraction of sp³-hybridized carbons (Fsp3) is 0. The standard InChI is InChI=1S/C17H15N3O/c18-17(19-14-4-2-1-3-5-14)20-15-8-6-13-11-16(21)9-7-12(13)10-15/h1-11,21H,(H3,18,19,20). The van der Waals surface area contributed by atoms with Crippen LogP contribution in [-0.2, 0) is 0 Å². The van der Waals surface area contributed by atoms with Gasteiger partial charge in [-0.2, -0.15) is 0 Å². The third-order valence-corrected chi connectivity index (χ3v) is 3.10. The lowest BCUT2D eigenvalue weighted by Gasteiger charge is -2.07. The van der Waals surface area contributed by atoms with Gasteiger partial charge < -0.3 is 16.2 Å². The minimum absolute atomic E-state index is 0.258. The molecule has 0 radical (unpaired) electrons. The Bertz CT molecular complexity index is 797. The van der Waals surface area contributed by atoms with Crippen molar-refractivity contribution in [3.8, 4) is 5.75 Å². The SMILES string of the molecule is NC(=Nc1ccccc1)Nc1ccc2cc(O)ccc2c1. The molecule has 0 saturated heterocycles. The Morgan fingerprint density at radius 1 is 0.905 bits per heavy atom. The Labute approximate surface area is 122 Å². The number of benzene rings is 3. The van der Waals surface area contributed by atoms with Crippen LogP contribution < -0.4 is 11.1 Å². The zero-order valence-corrected chi connectivity index (χ0v) is 11.3. The van der Waals surface area contributed by atoms with Gasteiger partial charge in [0, 0.05) is 5.69 Å². The molecule has 4 nitrogen and oxygen atoms in total. The molecular formula is C17H15N3O. The molecule has 0 aliphatic rings. The second kappa shape index (κ2) is 5.54. The van der Waals surface area contributed by atoms with E-state index < -0.39 is 0 Å². The van der Waals surface area contributed by atoms with Crippen LogP contribution >= 0.6 is 0 Å². The van der Waals surface area contributed by atoms with E-state index in [-0.39, 0.29) is 5.75 Å². The molecule has 0 aliphatic heterocycles. The molecule has 4 N–H and O–H groups in total. The Morgan fingerprint density at radius 2 is 1.62 bits per heavy atom. The third-order valence-electron chi connectivity index (χ3n) is 3.10. The summed E-state index contributed by atoms with van der Waals surface area (Å²) in [5.74, 6) is 0.590. The number of hydrogen-bond acceptors (Lipinski definition) is 2. The highest BCUT2D eigenvalue weighted by Crippen LogP contribution is 2.23. The van der Waals surface area contributed by atoms with E-state index in [1.54, 1.807) is 12.1 Å². The molecule has 0 bridgehead atoms. The molecule has 0 unspecified atom stereocenters. The maximum Gasteiger partial charge on any atom is 0.198 e. The van der Waals surface area contributed by atoms with Crippen LogP contribution in [0.25, 0.3) is 10.8 Å². The highest BCUT2D eigenvalue weighted by Gasteiger charge is 1.99. The number of fused-ring (bicyclic) bond motifs is 1. The molecule has 3 aromatic rings. The topological polar surface area (TPSA) is 70.6 Å². The number of nitrogens with one attached hydrogen (secondary N) is 1. The van der Waals surface area contributed by atoms with Gasteiger partial charge in [-0.05, 0) is 47.2 Å². The first-order chi connectivity index (χ1) is 10.2. The third kappa shape index (κ3) is 3.12. The summed E-state index contributed by atoms with van der Waals surface area (Å²) < 4.78 is 0. The highest BCUT2D eigenvalue weighted by molar-refractivity contribution is 5.96. The summed E-state index contributed by atoms with van der Waals surface area (Å²) in [6, 6.07) is 20.6. The maximum absolute atomic E-state index is 9.45. The first kappa shape index (κ1) is 13.0.